The van der Waals surface area contributed by atoms with Gasteiger partial charge in [0, 0.05) is 17.1 Å². The summed E-state index contributed by atoms with van der Waals surface area (Å²) in [6.45, 7) is 2.23. The molecule has 0 aromatic heterocycles. The molecule has 1 heterocycles. The maximum absolute atomic E-state index is 5.83. The Morgan fingerprint density at radius 3 is 2.46 bits per heavy atom. The van der Waals surface area contributed by atoms with Crippen LogP contribution in [0.5, 0.6) is 0 Å². The SMILES string of the molecule is CC1CCC(c2ccc(Cl)cc2)N1. The number of hydrogen-bond acceptors (Lipinski definition) is 1. The highest BCUT2D eigenvalue weighted by atomic mass is 35.5. The molecular formula is C11H14ClN. The van der Waals surface area contributed by atoms with E-state index in [-0.39, 0.29) is 0 Å². The molecule has 0 saturated carbocycles. The zero-order valence-electron chi connectivity index (χ0n) is 7.76. The molecule has 13 heavy (non-hydrogen) atoms. The van der Waals surface area contributed by atoms with Crippen LogP contribution in [0.25, 0.3) is 0 Å². The molecule has 2 atom stereocenters. The van der Waals surface area contributed by atoms with Crippen molar-refractivity contribution in [1.82, 2.24) is 5.32 Å². The van der Waals surface area contributed by atoms with Gasteiger partial charge in [-0.25, -0.2) is 0 Å². The van der Waals surface area contributed by atoms with Crippen molar-refractivity contribution in [3.8, 4) is 0 Å². The smallest absolute Gasteiger partial charge is 0.0406 e. The van der Waals surface area contributed by atoms with E-state index in [4.69, 9.17) is 11.6 Å². The predicted octanol–water partition coefficient (Wildman–Crippen LogP) is 3.15. The zero-order chi connectivity index (χ0) is 9.26. The third-order valence-electron chi connectivity index (χ3n) is 2.65. The number of nitrogens with one attached hydrogen (secondary N) is 1. The molecule has 1 nitrogen and oxygen atoms in total. The van der Waals surface area contributed by atoms with Crippen molar-refractivity contribution in [2.45, 2.75) is 31.8 Å². The van der Waals surface area contributed by atoms with Gasteiger partial charge in [-0.1, -0.05) is 23.7 Å². The van der Waals surface area contributed by atoms with E-state index in [1.165, 1.54) is 18.4 Å². The molecule has 70 valence electrons. The summed E-state index contributed by atoms with van der Waals surface area (Å²) in [5, 5.41) is 4.36. The molecule has 0 spiro atoms. The standard InChI is InChI=1S/C11H14ClN/c1-8-2-7-11(13-8)9-3-5-10(12)6-4-9/h3-6,8,11,13H,2,7H2,1H3. The van der Waals surface area contributed by atoms with Crippen molar-refractivity contribution in [1.29, 1.82) is 0 Å². The molecule has 0 amide bonds. The van der Waals surface area contributed by atoms with Gasteiger partial charge < -0.3 is 5.32 Å². The predicted molar refractivity (Wildman–Crippen MR) is 56.0 cm³/mol. The summed E-state index contributed by atoms with van der Waals surface area (Å²) in [4.78, 5) is 0. The van der Waals surface area contributed by atoms with E-state index in [1.807, 2.05) is 12.1 Å². The van der Waals surface area contributed by atoms with Crippen LogP contribution in [0.3, 0.4) is 0 Å². The molecule has 0 radical (unpaired) electrons. The normalized spacial score (nSPS) is 27.8. The minimum Gasteiger partial charge on any atom is -0.307 e. The van der Waals surface area contributed by atoms with Gasteiger partial charge in [0.25, 0.3) is 0 Å². The number of halogens is 1. The lowest BCUT2D eigenvalue weighted by molar-refractivity contribution is 0.585. The Morgan fingerprint density at radius 1 is 1.23 bits per heavy atom. The van der Waals surface area contributed by atoms with Crippen molar-refractivity contribution in [2.75, 3.05) is 0 Å². The summed E-state index contributed by atoms with van der Waals surface area (Å²) in [6.07, 6.45) is 2.51. The monoisotopic (exact) mass is 195 g/mol. The Kier molecular flexibility index (Phi) is 2.56. The molecule has 1 saturated heterocycles. The average molecular weight is 196 g/mol. The summed E-state index contributed by atoms with van der Waals surface area (Å²) in [6, 6.07) is 9.33. The minimum absolute atomic E-state index is 0.535. The highest BCUT2D eigenvalue weighted by Crippen LogP contribution is 2.26. The molecule has 1 aliphatic rings. The van der Waals surface area contributed by atoms with E-state index >= 15 is 0 Å². The zero-order valence-corrected chi connectivity index (χ0v) is 8.51. The lowest BCUT2D eigenvalue weighted by Crippen LogP contribution is -2.20. The van der Waals surface area contributed by atoms with E-state index in [9.17, 15) is 0 Å². The van der Waals surface area contributed by atoms with Crippen LogP contribution in [0.4, 0.5) is 0 Å². The second kappa shape index (κ2) is 3.69. The van der Waals surface area contributed by atoms with Gasteiger partial charge in [-0.15, -0.1) is 0 Å². The van der Waals surface area contributed by atoms with E-state index in [0.29, 0.717) is 12.1 Å². The van der Waals surface area contributed by atoms with E-state index in [2.05, 4.69) is 24.4 Å². The average Bonchev–Trinajstić information content (AvgIpc) is 2.53. The molecule has 1 aromatic carbocycles. The maximum atomic E-state index is 5.83. The summed E-state index contributed by atoms with van der Waals surface area (Å²) >= 11 is 5.83. The van der Waals surface area contributed by atoms with Gasteiger partial charge in [0.2, 0.25) is 0 Å². The van der Waals surface area contributed by atoms with Crippen molar-refractivity contribution in [3.05, 3.63) is 34.9 Å². The number of benzene rings is 1. The third-order valence-corrected chi connectivity index (χ3v) is 2.90. The lowest BCUT2D eigenvalue weighted by atomic mass is 10.1. The molecule has 2 unspecified atom stereocenters. The van der Waals surface area contributed by atoms with Crippen LogP contribution in [0, 0.1) is 0 Å². The highest BCUT2D eigenvalue weighted by molar-refractivity contribution is 6.30. The van der Waals surface area contributed by atoms with Crippen molar-refractivity contribution in [2.24, 2.45) is 0 Å². The molecule has 1 fully saturated rings. The quantitative estimate of drug-likeness (QED) is 0.726. The van der Waals surface area contributed by atoms with Crippen molar-refractivity contribution in [3.63, 3.8) is 0 Å². The van der Waals surface area contributed by atoms with Gasteiger partial charge in [0.15, 0.2) is 0 Å². The first-order valence-electron chi connectivity index (χ1n) is 4.77. The number of rotatable bonds is 1. The van der Waals surface area contributed by atoms with Gasteiger partial charge in [-0.3, -0.25) is 0 Å². The minimum atomic E-state index is 0.535. The third kappa shape index (κ3) is 2.04. The van der Waals surface area contributed by atoms with Crippen LogP contribution in [0.15, 0.2) is 24.3 Å². The lowest BCUT2D eigenvalue weighted by Gasteiger charge is -2.11. The van der Waals surface area contributed by atoms with Crippen LogP contribution in [0.2, 0.25) is 5.02 Å². The first-order valence-corrected chi connectivity index (χ1v) is 5.15. The highest BCUT2D eigenvalue weighted by Gasteiger charge is 2.20. The van der Waals surface area contributed by atoms with Gasteiger partial charge in [0.05, 0.1) is 0 Å². The summed E-state index contributed by atoms with van der Waals surface area (Å²) in [5.41, 5.74) is 1.36. The first kappa shape index (κ1) is 9.04. The number of hydrogen-bond donors (Lipinski definition) is 1. The second-order valence-corrected chi connectivity index (χ2v) is 4.19. The Hall–Kier alpha value is -0.530. The topological polar surface area (TPSA) is 12.0 Å². The largest absolute Gasteiger partial charge is 0.307 e. The van der Waals surface area contributed by atoms with Crippen LogP contribution >= 0.6 is 11.6 Å². The Bertz CT molecular complexity index is 281. The van der Waals surface area contributed by atoms with Crippen LogP contribution in [-0.2, 0) is 0 Å². The van der Waals surface area contributed by atoms with Gasteiger partial charge >= 0.3 is 0 Å². The summed E-state index contributed by atoms with van der Waals surface area (Å²) in [7, 11) is 0. The van der Waals surface area contributed by atoms with Crippen LogP contribution < -0.4 is 5.32 Å². The molecule has 1 N–H and O–H groups in total. The van der Waals surface area contributed by atoms with Crippen molar-refractivity contribution >= 4 is 11.6 Å². The van der Waals surface area contributed by atoms with Crippen molar-refractivity contribution < 1.29 is 0 Å². The Labute approximate surface area is 84.1 Å². The molecule has 0 bridgehead atoms. The maximum Gasteiger partial charge on any atom is 0.0406 e. The van der Waals surface area contributed by atoms with Gasteiger partial charge in [-0.2, -0.15) is 0 Å². The molecule has 2 heteroatoms. The molecule has 1 aromatic rings. The van der Waals surface area contributed by atoms with Crippen LogP contribution in [-0.4, -0.2) is 6.04 Å². The van der Waals surface area contributed by atoms with Crippen LogP contribution in [0.1, 0.15) is 31.4 Å². The molecular weight excluding hydrogens is 182 g/mol. The summed E-state index contributed by atoms with van der Waals surface area (Å²) in [5.74, 6) is 0. The van der Waals surface area contributed by atoms with Gasteiger partial charge in [0.1, 0.15) is 0 Å². The van der Waals surface area contributed by atoms with Gasteiger partial charge in [-0.05, 0) is 37.5 Å². The molecule has 2 rings (SSSR count). The fourth-order valence-corrected chi connectivity index (χ4v) is 2.01. The fourth-order valence-electron chi connectivity index (χ4n) is 1.88. The Balaban J connectivity index is 2.13. The first-order chi connectivity index (χ1) is 6.25. The van der Waals surface area contributed by atoms with E-state index in [1.54, 1.807) is 0 Å². The Morgan fingerprint density at radius 2 is 1.92 bits per heavy atom. The molecule has 0 aliphatic carbocycles. The van der Waals surface area contributed by atoms with E-state index < -0.39 is 0 Å². The molecule has 1 aliphatic heterocycles. The fraction of sp³-hybridized carbons (Fsp3) is 0.455. The van der Waals surface area contributed by atoms with E-state index in [0.717, 1.165) is 5.02 Å². The second-order valence-electron chi connectivity index (χ2n) is 3.75. The summed E-state index contributed by atoms with van der Waals surface area (Å²) < 4.78 is 0.